The normalized spacial score (nSPS) is 13.7. The van der Waals surface area contributed by atoms with Crippen LogP contribution in [0.5, 0.6) is 0 Å². The molecule has 1 aliphatic rings. The van der Waals surface area contributed by atoms with Crippen LogP contribution in [0.2, 0.25) is 0 Å². The number of likely N-dealkylation sites (N-methyl/N-ethyl adjacent to an activating group) is 1. The highest BCUT2D eigenvalue weighted by atomic mass is 32.1. The van der Waals surface area contributed by atoms with Gasteiger partial charge in [-0.25, -0.2) is 4.98 Å². The second-order valence-corrected chi connectivity index (χ2v) is 7.88. The van der Waals surface area contributed by atoms with E-state index < -0.39 is 0 Å². The minimum absolute atomic E-state index is 0.0241. The molecule has 2 amide bonds. The molecular formula is C19H24N4O2S. The number of hydrogen-bond acceptors (Lipinski definition) is 5. The summed E-state index contributed by atoms with van der Waals surface area (Å²) in [6.45, 7) is 4.90. The van der Waals surface area contributed by atoms with Crippen LogP contribution >= 0.6 is 11.3 Å². The fourth-order valence-electron chi connectivity index (χ4n) is 2.96. The lowest BCUT2D eigenvalue weighted by molar-refractivity contribution is -0.122. The molecular weight excluding hydrogens is 348 g/mol. The SMILES string of the molecule is CC(C)NC(=O)CN(C)Cc1nc(-c2ccc3c(c2)CCC(=O)N3)cs1. The molecule has 0 unspecified atom stereocenters. The van der Waals surface area contributed by atoms with E-state index in [1.165, 1.54) is 0 Å². The summed E-state index contributed by atoms with van der Waals surface area (Å²) in [5.74, 6) is 0.0988. The summed E-state index contributed by atoms with van der Waals surface area (Å²) >= 11 is 1.60. The van der Waals surface area contributed by atoms with Gasteiger partial charge in [-0.15, -0.1) is 11.3 Å². The van der Waals surface area contributed by atoms with Crippen LogP contribution in [0.3, 0.4) is 0 Å². The van der Waals surface area contributed by atoms with Gasteiger partial charge in [0, 0.05) is 29.1 Å². The van der Waals surface area contributed by atoms with E-state index in [0.717, 1.165) is 33.9 Å². The molecule has 7 heteroatoms. The maximum absolute atomic E-state index is 11.8. The first-order valence-electron chi connectivity index (χ1n) is 8.76. The number of aryl methyl sites for hydroxylation is 1. The van der Waals surface area contributed by atoms with E-state index in [1.807, 2.05) is 43.3 Å². The van der Waals surface area contributed by atoms with Crippen LogP contribution in [0.15, 0.2) is 23.6 Å². The lowest BCUT2D eigenvalue weighted by Crippen LogP contribution is -2.38. The third-order valence-corrected chi connectivity index (χ3v) is 4.95. The maximum atomic E-state index is 11.8. The summed E-state index contributed by atoms with van der Waals surface area (Å²) in [7, 11) is 1.92. The molecule has 0 aliphatic carbocycles. The molecule has 2 heterocycles. The first-order valence-corrected chi connectivity index (χ1v) is 9.64. The van der Waals surface area contributed by atoms with Crippen molar-refractivity contribution < 1.29 is 9.59 Å². The molecule has 1 aromatic heterocycles. The summed E-state index contributed by atoms with van der Waals surface area (Å²) in [4.78, 5) is 30.0. The van der Waals surface area contributed by atoms with Crippen molar-refractivity contribution in [1.82, 2.24) is 15.2 Å². The molecule has 0 radical (unpaired) electrons. The van der Waals surface area contributed by atoms with Gasteiger partial charge in [-0.05, 0) is 45.0 Å². The Kier molecular flexibility index (Phi) is 5.68. The highest BCUT2D eigenvalue weighted by molar-refractivity contribution is 7.09. The Balaban J connectivity index is 1.64. The predicted molar refractivity (Wildman–Crippen MR) is 104 cm³/mol. The quantitative estimate of drug-likeness (QED) is 0.818. The van der Waals surface area contributed by atoms with Crippen molar-refractivity contribution in [1.29, 1.82) is 0 Å². The molecule has 1 aromatic carbocycles. The van der Waals surface area contributed by atoms with Crippen molar-refractivity contribution in [3.05, 3.63) is 34.2 Å². The number of aromatic nitrogens is 1. The van der Waals surface area contributed by atoms with Gasteiger partial charge in [0.2, 0.25) is 11.8 Å². The first-order chi connectivity index (χ1) is 12.4. The van der Waals surface area contributed by atoms with Crippen LogP contribution in [0.4, 0.5) is 5.69 Å². The minimum Gasteiger partial charge on any atom is -0.353 e. The Labute approximate surface area is 157 Å². The van der Waals surface area contributed by atoms with Crippen molar-refractivity contribution >= 4 is 28.8 Å². The van der Waals surface area contributed by atoms with Crippen molar-refractivity contribution in [2.75, 3.05) is 18.9 Å². The number of hydrogen-bond donors (Lipinski definition) is 2. The van der Waals surface area contributed by atoms with Gasteiger partial charge in [-0.1, -0.05) is 6.07 Å². The second kappa shape index (κ2) is 7.97. The molecule has 0 fully saturated rings. The largest absolute Gasteiger partial charge is 0.353 e. The van der Waals surface area contributed by atoms with Gasteiger partial charge in [-0.3, -0.25) is 14.5 Å². The number of nitrogens with zero attached hydrogens (tertiary/aromatic N) is 2. The van der Waals surface area contributed by atoms with Crippen molar-refractivity contribution in [3.8, 4) is 11.3 Å². The van der Waals surface area contributed by atoms with E-state index in [-0.39, 0.29) is 17.9 Å². The van der Waals surface area contributed by atoms with E-state index in [0.29, 0.717) is 19.5 Å². The molecule has 1 aliphatic heterocycles. The van der Waals surface area contributed by atoms with Crippen LogP contribution in [0, 0.1) is 0 Å². The van der Waals surface area contributed by atoms with Gasteiger partial charge < -0.3 is 10.6 Å². The Hall–Kier alpha value is -2.25. The van der Waals surface area contributed by atoms with E-state index >= 15 is 0 Å². The summed E-state index contributed by atoms with van der Waals surface area (Å²) < 4.78 is 0. The lowest BCUT2D eigenvalue weighted by atomic mass is 9.99. The van der Waals surface area contributed by atoms with Crippen molar-refractivity contribution in [2.45, 2.75) is 39.3 Å². The average molecular weight is 372 g/mol. The third kappa shape index (κ3) is 4.68. The fourth-order valence-corrected chi connectivity index (χ4v) is 3.84. The Bertz CT molecular complexity index is 816. The number of nitrogens with one attached hydrogen (secondary N) is 2. The summed E-state index contributed by atoms with van der Waals surface area (Å²) in [6.07, 6.45) is 1.29. The Morgan fingerprint density at radius 2 is 2.19 bits per heavy atom. The van der Waals surface area contributed by atoms with Gasteiger partial charge in [0.25, 0.3) is 0 Å². The number of thiazole rings is 1. The van der Waals surface area contributed by atoms with E-state index in [4.69, 9.17) is 4.98 Å². The molecule has 0 atom stereocenters. The maximum Gasteiger partial charge on any atom is 0.234 e. The molecule has 26 heavy (non-hydrogen) atoms. The zero-order valence-electron chi connectivity index (χ0n) is 15.3. The number of carbonyl (C=O) groups excluding carboxylic acids is 2. The number of anilines is 1. The van der Waals surface area contributed by atoms with Gasteiger partial charge >= 0.3 is 0 Å². The monoisotopic (exact) mass is 372 g/mol. The summed E-state index contributed by atoms with van der Waals surface area (Å²) in [5.41, 5.74) is 4.04. The smallest absolute Gasteiger partial charge is 0.234 e. The standard InChI is InChI=1S/C19H24N4O2S/c1-12(2)20-18(25)9-23(3)10-19-22-16(11-26-19)14-4-6-15-13(8-14)5-7-17(24)21-15/h4,6,8,11-12H,5,7,9-10H2,1-3H3,(H,20,25)(H,21,24). The third-order valence-electron chi connectivity index (χ3n) is 4.12. The minimum atomic E-state index is 0.0241. The highest BCUT2D eigenvalue weighted by Crippen LogP contribution is 2.29. The van der Waals surface area contributed by atoms with Crippen molar-refractivity contribution in [3.63, 3.8) is 0 Å². The van der Waals surface area contributed by atoms with Crippen LogP contribution in [-0.4, -0.2) is 41.3 Å². The number of carbonyl (C=O) groups is 2. The van der Waals surface area contributed by atoms with Gasteiger partial charge in [-0.2, -0.15) is 0 Å². The number of rotatable bonds is 6. The Morgan fingerprint density at radius 1 is 1.38 bits per heavy atom. The van der Waals surface area contributed by atoms with Crippen LogP contribution < -0.4 is 10.6 Å². The molecule has 0 saturated heterocycles. The fraction of sp³-hybridized carbons (Fsp3) is 0.421. The Morgan fingerprint density at radius 3 is 2.96 bits per heavy atom. The molecule has 0 saturated carbocycles. The highest BCUT2D eigenvalue weighted by Gasteiger charge is 2.16. The summed E-state index contributed by atoms with van der Waals surface area (Å²) in [6, 6.07) is 6.19. The number of fused-ring (bicyclic) bond motifs is 1. The van der Waals surface area contributed by atoms with Gasteiger partial charge in [0.15, 0.2) is 0 Å². The van der Waals surface area contributed by atoms with E-state index in [2.05, 4.69) is 16.7 Å². The van der Waals surface area contributed by atoms with Crippen LogP contribution in [-0.2, 0) is 22.6 Å². The molecule has 2 N–H and O–H groups in total. The zero-order chi connectivity index (χ0) is 18.7. The average Bonchev–Trinajstić information content (AvgIpc) is 3.01. The van der Waals surface area contributed by atoms with Crippen LogP contribution in [0.1, 0.15) is 30.8 Å². The van der Waals surface area contributed by atoms with Gasteiger partial charge in [0.1, 0.15) is 5.01 Å². The molecule has 2 aromatic rings. The molecule has 0 bridgehead atoms. The van der Waals surface area contributed by atoms with E-state index in [1.54, 1.807) is 11.3 Å². The lowest BCUT2D eigenvalue weighted by Gasteiger charge is -2.17. The zero-order valence-corrected chi connectivity index (χ0v) is 16.2. The van der Waals surface area contributed by atoms with Gasteiger partial charge in [0.05, 0.1) is 18.8 Å². The number of amides is 2. The van der Waals surface area contributed by atoms with E-state index in [9.17, 15) is 9.59 Å². The number of benzene rings is 1. The summed E-state index contributed by atoms with van der Waals surface area (Å²) in [5, 5.41) is 8.82. The topological polar surface area (TPSA) is 74.3 Å². The first kappa shape index (κ1) is 18.5. The predicted octanol–water partition coefficient (Wildman–Crippen LogP) is 2.65. The molecule has 0 spiro atoms. The molecule has 6 nitrogen and oxygen atoms in total. The van der Waals surface area contributed by atoms with Crippen molar-refractivity contribution in [2.24, 2.45) is 0 Å². The molecule has 3 rings (SSSR count). The second-order valence-electron chi connectivity index (χ2n) is 6.94. The van der Waals surface area contributed by atoms with Crippen LogP contribution in [0.25, 0.3) is 11.3 Å². The molecule has 138 valence electrons.